The first kappa shape index (κ1) is 15.4. The zero-order valence-electron chi connectivity index (χ0n) is 9.49. The minimum atomic E-state index is -5.03. The summed E-state index contributed by atoms with van der Waals surface area (Å²) in [5, 5.41) is 8.46. The van der Waals surface area contributed by atoms with Crippen LogP contribution in [0.2, 0.25) is 0 Å². The molecule has 0 saturated carbocycles. The maximum absolute atomic E-state index is 12.8. The van der Waals surface area contributed by atoms with Crippen molar-refractivity contribution in [1.29, 1.82) is 5.26 Å². The molecule has 1 N–H and O–H groups in total. The molecule has 1 atom stereocenters. The molecular formula is C10H8F4N2O2S. The molecule has 104 valence electrons. The predicted molar refractivity (Wildman–Crippen MR) is 56.8 cm³/mol. The SMILES string of the molecule is CC(C#N)NS(=O)(=O)c1ccc(F)cc1C(F)(F)F. The summed E-state index contributed by atoms with van der Waals surface area (Å²) in [6.07, 6.45) is -5.03. The Morgan fingerprint density at radius 1 is 1.37 bits per heavy atom. The van der Waals surface area contributed by atoms with Crippen LogP contribution in [0.5, 0.6) is 0 Å². The maximum atomic E-state index is 12.8. The van der Waals surface area contributed by atoms with E-state index in [1.807, 2.05) is 0 Å². The third-order valence-electron chi connectivity index (χ3n) is 2.06. The van der Waals surface area contributed by atoms with Gasteiger partial charge in [-0.25, -0.2) is 12.8 Å². The van der Waals surface area contributed by atoms with E-state index in [0.29, 0.717) is 12.1 Å². The lowest BCUT2D eigenvalue weighted by atomic mass is 10.2. The molecular weight excluding hydrogens is 288 g/mol. The second kappa shape index (κ2) is 5.14. The quantitative estimate of drug-likeness (QED) is 0.868. The summed E-state index contributed by atoms with van der Waals surface area (Å²) in [6, 6.07) is 1.49. The standard InChI is InChI=1S/C10H8F4N2O2S/c1-6(5-15)16-19(17,18)9-3-2-7(11)4-8(9)10(12,13)14/h2-4,6,16H,1H3. The lowest BCUT2D eigenvalue weighted by Gasteiger charge is -2.14. The fourth-order valence-electron chi connectivity index (χ4n) is 1.28. The number of nitrogens with zero attached hydrogens (tertiary/aromatic N) is 1. The molecule has 0 aliphatic carbocycles. The van der Waals surface area contributed by atoms with Gasteiger partial charge in [-0.2, -0.15) is 23.2 Å². The van der Waals surface area contributed by atoms with Gasteiger partial charge >= 0.3 is 6.18 Å². The van der Waals surface area contributed by atoms with E-state index in [1.54, 1.807) is 4.72 Å². The highest BCUT2D eigenvalue weighted by molar-refractivity contribution is 7.89. The van der Waals surface area contributed by atoms with Gasteiger partial charge in [-0.15, -0.1) is 0 Å². The smallest absolute Gasteiger partial charge is 0.207 e. The summed E-state index contributed by atoms with van der Waals surface area (Å²) in [5.74, 6) is -1.21. The van der Waals surface area contributed by atoms with Gasteiger partial charge in [-0.3, -0.25) is 0 Å². The van der Waals surface area contributed by atoms with E-state index in [0.717, 1.165) is 6.92 Å². The highest BCUT2D eigenvalue weighted by Crippen LogP contribution is 2.34. The van der Waals surface area contributed by atoms with Crippen molar-refractivity contribution in [2.24, 2.45) is 0 Å². The van der Waals surface area contributed by atoms with Gasteiger partial charge in [0.2, 0.25) is 10.0 Å². The largest absolute Gasteiger partial charge is 0.417 e. The molecule has 0 spiro atoms. The van der Waals surface area contributed by atoms with Gasteiger partial charge in [0.25, 0.3) is 0 Å². The molecule has 0 heterocycles. The summed E-state index contributed by atoms with van der Waals surface area (Å²) >= 11 is 0. The molecule has 1 unspecified atom stereocenters. The second-order valence-electron chi connectivity index (χ2n) is 3.61. The number of rotatable bonds is 3. The van der Waals surface area contributed by atoms with Crippen molar-refractivity contribution in [3.8, 4) is 6.07 Å². The minimum Gasteiger partial charge on any atom is -0.207 e. The average Bonchev–Trinajstić information content (AvgIpc) is 2.26. The van der Waals surface area contributed by atoms with Crippen molar-refractivity contribution in [3.05, 3.63) is 29.6 Å². The molecule has 0 fully saturated rings. The number of alkyl halides is 3. The molecule has 0 aromatic heterocycles. The molecule has 1 aromatic carbocycles. The van der Waals surface area contributed by atoms with Crippen LogP contribution in [0.15, 0.2) is 23.1 Å². The molecule has 0 amide bonds. The number of nitrogens with one attached hydrogen (secondary N) is 1. The molecule has 0 aliphatic heterocycles. The summed E-state index contributed by atoms with van der Waals surface area (Å²) in [5.41, 5.74) is -1.62. The molecule has 0 aliphatic rings. The van der Waals surface area contributed by atoms with Crippen molar-refractivity contribution < 1.29 is 26.0 Å². The van der Waals surface area contributed by atoms with Gasteiger partial charge in [0.05, 0.1) is 16.5 Å². The maximum Gasteiger partial charge on any atom is 0.417 e. The Morgan fingerprint density at radius 2 is 1.95 bits per heavy atom. The number of nitriles is 1. The van der Waals surface area contributed by atoms with Crippen LogP contribution in [0.25, 0.3) is 0 Å². The molecule has 0 radical (unpaired) electrons. The summed E-state index contributed by atoms with van der Waals surface area (Å²) in [7, 11) is -4.56. The van der Waals surface area contributed by atoms with Gasteiger partial charge in [-0.05, 0) is 25.1 Å². The first-order valence-electron chi connectivity index (χ1n) is 4.86. The fraction of sp³-hybridized carbons (Fsp3) is 0.300. The number of hydrogen-bond donors (Lipinski definition) is 1. The second-order valence-corrected chi connectivity index (χ2v) is 5.29. The van der Waals surface area contributed by atoms with Gasteiger partial charge in [0.1, 0.15) is 11.9 Å². The van der Waals surface area contributed by atoms with Crippen LogP contribution in [0.1, 0.15) is 12.5 Å². The van der Waals surface area contributed by atoms with Crippen LogP contribution in [-0.2, 0) is 16.2 Å². The fourth-order valence-corrected chi connectivity index (χ4v) is 2.64. The Labute approximate surface area is 106 Å². The summed E-state index contributed by atoms with van der Waals surface area (Å²) in [6.45, 7) is 1.16. The third kappa shape index (κ3) is 3.65. The summed E-state index contributed by atoms with van der Waals surface area (Å²) in [4.78, 5) is -1.12. The monoisotopic (exact) mass is 296 g/mol. The number of hydrogen-bond acceptors (Lipinski definition) is 3. The first-order chi connectivity index (χ1) is 8.58. The van der Waals surface area contributed by atoms with Gasteiger partial charge in [-0.1, -0.05) is 0 Å². The summed E-state index contributed by atoms with van der Waals surface area (Å²) < 4.78 is 75.9. The molecule has 4 nitrogen and oxygen atoms in total. The average molecular weight is 296 g/mol. The lowest BCUT2D eigenvalue weighted by molar-refractivity contribution is -0.140. The van der Waals surface area contributed by atoms with E-state index in [1.165, 1.54) is 6.07 Å². The Bertz CT molecular complexity index is 619. The minimum absolute atomic E-state index is 0.0889. The number of halogens is 4. The van der Waals surface area contributed by atoms with Gasteiger partial charge < -0.3 is 0 Å². The van der Waals surface area contributed by atoms with Gasteiger partial charge in [0, 0.05) is 0 Å². The Hall–Kier alpha value is -1.66. The van der Waals surface area contributed by atoms with E-state index in [2.05, 4.69) is 0 Å². The van der Waals surface area contributed by atoms with E-state index in [4.69, 9.17) is 5.26 Å². The van der Waals surface area contributed by atoms with E-state index >= 15 is 0 Å². The molecule has 19 heavy (non-hydrogen) atoms. The zero-order valence-corrected chi connectivity index (χ0v) is 10.3. The van der Waals surface area contributed by atoms with E-state index in [-0.39, 0.29) is 6.07 Å². The van der Waals surface area contributed by atoms with E-state index in [9.17, 15) is 26.0 Å². The van der Waals surface area contributed by atoms with Crippen molar-refractivity contribution >= 4 is 10.0 Å². The highest BCUT2D eigenvalue weighted by Gasteiger charge is 2.37. The number of benzene rings is 1. The lowest BCUT2D eigenvalue weighted by Crippen LogP contribution is -2.32. The highest BCUT2D eigenvalue weighted by atomic mass is 32.2. The van der Waals surface area contributed by atoms with Crippen LogP contribution < -0.4 is 4.72 Å². The topological polar surface area (TPSA) is 70.0 Å². The molecule has 0 saturated heterocycles. The molecule has 1 rings (SSSR count). The Balaban J connectivity index is 3.40. The normalized spacial score (nSPS) is 13.9. The van der Waals surface area contributed by atoms with Crippen molar-refractivity contribution in [1.82, 2.24) is 4.72 Å². The molecule has 0 bridgehead atoms. The predicted octanol–water partition coefficient (Wildman–Crippen LogP) is 2.03. The van der Waals surface area contributed by atoms with Crippen molar-refractivity contribution in [2.75, 3.05) is 0 Å². The van der Waals surface area contributed by atoms with Crippen LogP contribution in [0.3, 0.4) is 0 Å². The Morgan fingerprint density at radius 3 is 2.42 bits per heavy atom. The Kier molecular flexibility index (Phi) is 4.17. The molecule has 1 aromatic rings. The van der Waals surface area contributed by atoms with Crippen molar-refractivity contribution in [2.45, 2.75) is 24.0 Å². The van der Waals surface area contributed by atoms with Gasteiger partial charge in [0.15, 0.2) is 0 Å². The van der Waals surface area contributed by atoms with Crippen LogP contribution in [0.4, 0.5) is 17.6 Å². The van der Waals surface area contributed by atoms with Crippen LogP contribution >= 0.6 is 0 Å². The van der Waals surface area contributed by atoms with E-state index < -0.39 is 38.5 Å². The van der Waals surface area contributed by atoms with Crippen molar-refractivity contribution in [3.63, 3.8) is 0 Å². The zero-order chi connectivity index (χ0) is 14.8. The first-order valence-corrected chi connectivity index (χ1v) is 6.35. The molecule has 9 heteroatoms. The van der Waals surface area contributed by atoms with Crippen LogP contribution in [0, 0.1) is 17.1 Å². The van der Waals surface area contributed by atoms with Crippen LogP contribution in [-0.4, -0.2) is 14.5 Å². The number of sulfonamides is 1. The third-order valence-corrected chi connectivity index (χ3v) is 3.66.